The van der Waals surface area contributed by atoms with Crippen molar-refractivity contribution in [1.29, 1.82) is 0 Å². The number of hydrogen-bond acceptors (Lipinski definition) is 1. The lowest BCUT2D eigenvalue weighted by Gasteiger charge is -2.12. The van der Waals surface area contributed by atoms with Gasteiger partial charge in [0.05, 0.1) is 6.04 Å². The van der Waals surface area contributed by atoms with E-state index in [-0.39, 0.29) is 6.04 Å². The standard InChI is InChI=1S/C14H14BrN/c1-3-14(16-2)12-5-4-11-9-13(15)7-6-10(11)8-12/h3-9,14,16H,1H2,2H3. The van der Waals surface area contributed by atoms with Crippen LogP contribution < -0.4 is 5.32 Å². The first-order valence-electron chi connectivity index (χ1n) is 5.23. The Hall–Kier alpha value is -1.12. The molecule has 16 heavy (non-hydrogen) atoms. The Morgan fingerprint density at radius 1 is 1.19 bits per heavy atom. The van der Waals surface area contributed by atoms with Gasteiger partial charge in [0.1, 0.15) is 0 Å². The van der Waals surface area contributed by atoms with E-state index in [1.807, 2.05) is 13.1 Å². The minimum atomic E-state index is 0.216. The summed E-state index contributed by atoms with van der Waals surface area (Å²) in [7, 11) is 1.94. The largest absolute Gasteiger partial charge is 0.310 e. The van der Waals surface area contributed by atoms with Crippen molar-refractivity contribution in [3.05, 3.63) is 59.1 Å². The third kappa shape index (κ3) is 2.18. The quantitative estimate of drug-likeness (QED) is 0.834. The van der Waals surface area contributed by atoms with E-state index in [4.69, 9.17) is 0 Å². The third-order valence-corrected chi connectivity index (χ3v) is 3.23. The minimum Gasteiger partial charge on any atom is -0.310 e. The summed E-state index contributed by atoms with van der Waals surface area (Å²) >= 11 is 3.48. The van der Waals surface area contributed by atoms with Crippen molar-refractivity contribution in [3.63, 3.8) is 0 Å². The molecule has 2 heteroatoms. The highest BCUT2D eigenvalue weighted by Crippen LogP contribution is 2.23. The molecule has 1 nitrogen and oxygen atoms in total. The Kier molecular flexibility index (Phi) is 3.42. The third-order valence-electron chi connectivity index (χ3n) is 2.73. The SMILES string of the molecule is C=CC(NC)c1ccc2cc(Br)ccc2c1. The summed E-state index contributed by atoms with van der Waals surface area (Å²) < 4.78 is 1.11. The molecule has 2 aromatic carbocycles. The molecule has 0 amide bonds. The number of likely N-dealkylation sites (N-methyl/N-ethyl adjacent to an activating group) is 1. The minimum absolute atomic E-state index is 0.216. The molecule has 0 fully saturated rings. The molecule has 1 atom stereocenters. The fourth-order valence-corrected chi connectivity index (χ4v) is 2.23. The number of fused-ring (bicyclic) bond motifs is 1. The molecule has 0 radical (unpaired) electrons. The first kappa shape index (κ1) is 11.4. The normalized spacial score (nSPS) is 12.6. The molecular formula is C14H14BrN. The Labute approximate surface area is 104 Å². The molecule has 0 heterocycles. The van der Waals surface area contributed by atoms with Crippen LogP contribution in [0.3, 0.4) is 0 Å². The molecule has 1 N–H and O–H groups in total. The fraction of sp³-hybridized carbons (Fsp3) is 0.143. The molecule has 0 aliphatic rings. The molecule has 0 saturated heterocycles. The van der Waals surface area contributed by atoms with Crippen molar-refractivity contribution >= 4 is 26.7 Å². The van der Waals surface area contributed by atoms with Crippen molar-refractivity contribution < 1.29 is 0 Å². The summed E-state index contributed by atoms with van der Waals surface area (Å²) in [5.41, 5.74) is 1.24. The average molecular weight is 276 g/mol. The molecule has 1 unspecified atom stereocenters. The van der Waals surface area contributed by atoms with Gasteiger partial charge in [-0.2, -0.15) is 0 Å². The van der Waals surface area contributed by atoms with Crippen LogP contribution >= 0.6 is 15.9 Å². The van der Waals surface area contributed by atoms with Gasteiger partial charge in [-0.3, -0.25) is 0 Å². The Balaban J connectivity index is 2.51. The first-order chi connectivity index (χ1) is 7.74. The van der Waals surface area contributed by atoms with E-state index in [0.717, 1.165) is 4.47 Å². The molecule has 0 aliphatic heterocycles. The molecule has 82 valence electrons. The van der Waals surface area contributed by atoms with Gasteiger partial charge in [-0.1, -0.05) is 40.2 Å². The van der Waals surface area contributed by atoms with Crippen LogP contribution in [0.25, 0.3) is 10.8 Å². The predicted molar refractivity (Wildman–Crippen MR) is 73.6 cm³/mol. The molecule has 0 spiro atoms. The summed E-state index contributed by atoms with van der Waals surface area (Å²) in [5, 5.41) is 5.72. The van der Waals surface area contributed by atoms with Gasteiger partial charge in [-0.25, -0.2) is 0 Å². The van der Waals surface area contributed by atoms with Crippen LogP contribution in [0.2, 0.25) is 0 Å². The highest BCUT2D eigenvalue weighted by Gasteiger charge is 2.04. The van der Waals surface area contributed by atoms with Gasteiger partial charge in [0.25, 0.3) is 0 Å². The maximum absolute atomic E-state index is 3.83. The van der Waals surface area contributed by atoms with Gasteiger partial charge in [-0.05, 0) is 41.6 Å². The maximum Gasteiger partial charge on any atom is 0.0501 e. The highest BCUT2D eigenvalue weighted by molar-refractivity contribution is 9.10. The zero-order valence-electron chi connectivity index (χ0n) is 9.20. The molecule has 0 aromatic heterocycles. The number of rotatable bonds is 3. The molecule has 2 aromatic rings. The van der Waals surface area contributed by atoms with Gasteiger partial charge in [0.15, 0.2) is 0 Å². The number of halogens is 1. The van der Waals surface area contributed by atoms with Gasteiger partial charge < -0.3 is 5.32 Å². The monoisotopic (exact) mass is 275 g/mol. The second-order valence-corrected chi connectivity index (χ2v) is 4.67. The lowest BCUT2D eigenvalue weighted by atomic mass is 10.0. The predicted octanol–water partition coefficient (Wildman–Crippen LogP) is 4.05. The van der Waals surface area contributed by atoms with Gasteiger partial charge >= 0.3 is 0 Å². The fourth-order valence-electron chi connectivity index (χ4n) is 1.85. The Morgan fingerprint density at radius 3 is 2.56 bits per heavy atom. The second kappa shape index (κ2) is 4.81. The summed E-state index contributed by atoms with van der Waals surface area (Å²) in [6, 6.07) is 13.0. The highest BCUT2D eigenvalue weighted by atomic mass is 79.9. The number of nitrogens with one attached hydrogen (secondary N) is 1. The zero-order chi connectivity index (χ0) is 11.5. The molecule has 2 rings (SSSR count). The van der Waals surface area contributed by atoms with Gasteiger partial charge in [-0.15, -0.1) is 6.58 Å². The Bertz CT molecular complexity index is 519. The van der Waals surface area contributed by atoms with E-state index in [9.17, 15) is 0 Å². The van der Waals surface area contributed by atoms with E-state index in [1.165, 1.54) is 16.3 Å². The van der Waals surface area contributed by atoms with Crippen molar-refractivity contribution in [2.45, 2.75) is 6.04 Å². The first-order valence-corrected chi connectivity index (χ1v) is 6.03. The van der Waals surface area contributed by atoms with Crippen molar-refractivity contribution in [2.75, 3.05) is 7.05 Å². The topological polar surface area (TPSA) is 12.0 Å². The van der Waals surface area contributed by atoms with E-state index in [2.05, 4.69) is 64.2 Å². The average Bonchev–Trinajstić information content (AvgIpc) is 2.31. The number of benzene rings is 2. The summed E-state index contributed by atoms with van der Waals surface area (Å²) in [6.45, 7) is 3.83. The van der Waals surface area contributed by atoms with Crippen LogP contribution in [0.1, 0.15) is 11.6 Å². The maximum atomic E-state index is 3.83. The van der Waals surface area contributed by atoms with E-state index in [1.54, 1.807) is 0 Å². The van der Waals surface area contributed by atoms with Gasteiger partial charge in [0.2, 0.25) is 0 Å². The van der Waals surface area contributed by atoms with Crippen LogP contribution in [0.4, 0.5) is 0 Å². The molecule has 0 bridgehead atoms. The summed E-state index contributed by atoms with van der Waals surface area (Å²) in [6.07, 6.45) is 1.92. The van der Waals surface area contributed by atoms with E-state index >= 15 is 0 Å². The van der Waals surface area contributed by atoms with Crippen LogP contribution in [0, 0.1) is 0 Å². The van der Waals surface area contributed by atoms with Crippen LogP contribution in [-0.2, 0) is 0 Å². The van der Waals surface area contributed by atoms with Crippen LogP contribution in [0.15, 0.2) is 53.5 Å². The van der Waals surface area contributed by atoms with Crippen LogP contribution in [0.5, 0.6) is 0 Å². The Morgan fingerprint density at radius 2 is 1.88 bits per heavy atom. The lowest BCUT2D eigenvalue weighted by molar-refractivity contribution is 0.717. The van der Waals surface area contributed by atoms with E-state index < -0.39 is 0 Å². The molecule has 0 aliphatic carbocycles. The van der Waals surface area contributed by atoms with Crippen molar-refractivity contribution in [3.8, 4) is 0 Å². The zero-order valence-corrected chi connectivity index (χ0v) is 10.8. The summed E-state index contributed by atoms with van der Waals surface area (Å²) in [4.78, 5) is 0. The lowest BCUT2D eigenvalue weighted by Crippen LogP contribution is -2.13. The van der Waals surface area contributed by atoms with Gasteiger partial charge in [0, 0.05) is 4.47 Å². The second-order valence-electron chi connectivity index (χ2n) is 3.75. The van der Waals surface area contributed by atoms with Crippen LogP contribution in [-0.4, -0.2) is 7.05 Å². The molecule has 0 saturated carbocycles. The summed E-state index contributed by atoms with van der Waals surface area (Å²) in [5.74, 6) is 0. The molecular weight excluding hydrogens is 262 g/mol. The van der Waals surface area contributed by atoms with Crippen molar-refractivity contribution in [2.24, 2.45) is 0 Å². The van der Waals surface area contributed by atoms with Crippen molar-refractivity contribution in [1.82, 2.24) is 5.32 Å². The number of hydrogen-bond donors (Lipinski definition) is 1. The van der Waals surface area contributed by atoms with E-state index in [0.29, 0.717) is 0 Å². The smallest absolute Gasteiger partial charge is 0.0501 e.